The summed E-state index contributed by atoms with van der Waals surface area (Å²) in [6.07, 6.45) is -1.41. The van der Waals surface area contributed by atoms with Crippen LogP contribution in [0, 0.1) is 5.82 Å². The highest BCUT2D eigenvalue weighted by Gasteiger charge is 2.38. The number of rotatable bonds is 6. The van der Waals surface area contributed by atoms with Crippen molar-refractivity contribution in [3.05, 3.63) is 76.1 Å². The van der Waals surface area contributed by atoms with Crippen molar-refractivity contribution >= 4 is 28.5 Å². The van der Waals surface area contributed by atoms with Gasteiger partial charge in [-0.15, -0.1) is 0 Å². The van der Waals surface area contributed by atoms with E-state index >= 15 is 0 Å². The van der Waals surface area contributed by atoms with Crippen molar-refractivity contribution in [3.63, 3.8) is 0 Å². The number of halogens is 4. The first kappa shape index (κ1) is 23.7. The zero-order valence-electron chi connectivity index (χ0n) is 18.4. The molecule has 0 radical (unpaired) electrons. The fourth-order valence-electron chi connectivity index (χ4n) is 3.73. The summed E-state index contributed by atoms with van der Waals surface area (Å²) < 4.78 is 65.9. The van der Waals surface area contributed by atoms with Crippen molar-refractivity contribution in [2.75, 3.05) is 18.1 Å². The molecule has 34 heavy (non-hydrogen) atoms. The van der Waals surface area contributed by atoms with Crippen LogP contribution in [0.25, 0.3) is 22.0 Å². The van der Waals surface area contributed by atoms with Crippen LogP contribution in [-0.2, 0) is 19.8 Å². The monoisotopic (exact) mass is 492 g/mol. The molecule has 178 valence electrons. The van der Waals surface area contributed by atoms with Crippen molar-refractivity contribution in [3.8, 4) is 16.9 Å². The van der Waals surface area contributed by atoms with Crippen LogP contribution in [0.1, 0.15) is 11.3 Å². The maximum Gasteiger partial charge on any atom is 0.435 e. The zero-order chi connectivity index (χ0) is 24.6. The van der Waals surface area contributed by atoms with Gasteiger partial charge in [0.2, 0.25) is 0 Å². The molecule has 6 nitrogen and oxygen atoms in total. The number of aryl methyl sites for hydroxylation is 1. The number of anilines is 1. The van der Waals surface area contributed by atoms with Gasteiger partial charge < -0.3 is 14.0 Å². The quantitative estimate of drug-likeness (QED) is 0.292. The number of methoxy groups -OCH3 is 1. The standard InChI is InChI=1S/C23H20F4N4O2S/c1-30-12-15(10-19(33-2)22(30)32)14-8-17(29-34-3)20-18(9-14)31(28-21(20)23(25,26)27)11-13-4-6-16(24)7-5-13/h4-10,12,29H,11H2,1-3H3. The molecule has 0 unspecified atom stereocenters. The molecule has 0 aliphatic rings. The van der Waals surface area contributed by atoms with Crippen LogP contribution in [0.2, 0.25) is 0 Å². The third kappa shape index (κ3) is 4.47. The Morgan fingerprint density at radius 2 is 1.82 bits per heavy atom. The van der Waals surface area contributed by atoms with Gasteiger partial charge in [-0.2, -0.15) is 18.3 Å². The molecule has 0 fully saturated rings. The lowest BCUT2D eigenvalue weighted by molar-refractivity contribution is -0.140. The normalized spacial score (nSPS) is 11.7. The van der Waals surface area contributed by atoms with E-state index in [9.17, 15) is 22.4 Å². The average molecular weight is 492 g/mol. The van der Waals surface area contributed by atoms with E-state index in [2.05, 4.69) is 9.82 Å². The highest BCUT2D eigenvalue weighted by molar-refractivity contribution is 7.99. The molecule has 4 rings (SSSR count). The maximum absolute atomic E-state index is 13.9. The molecular formula is C23H20F4N4O2S. The Labute approximate surface area is 196 Å². The molecule has 11 heteroatoms. The minimum Gasteiger partial charge on any atom is -0.491 e. The number of alkyl halides is 3. The summed E-state index contributed by atoms with van der Waals surface area (Å²) >= 11 is 1.14. The van der Waals surface area contributed by atoms with Gasteiger partial charge >= 0.3 is 6.18 Å². The molecule has 0 saturated heterocycles. The topological polar surface area (TPSA) is 61.1 Å². The van der Waals surface area contributed by atoms with Crippen LogP contribution in [0.15, 0.2) is 53.5 Å². The van der Waals surface area contributed by atoms with E-state index in [4.69, 9.17) is 4.74 Å². The fourth-order valence-corrected chi connectivity index (χ4v) is 4.11. The summed E-state index contributed by atoms with van der Waals surface area (Å²) in [4.78, 5) is 12.2. The summed E-state index contributed by atoms with van der Waals surface area (Å²) in [5.74, 6) is -0.335. The first-order chi connectivity index (χ1) is 16.1. The molecule has 0 bridgehead atoms. The number of nitrogens with zero attached hydrogens (tertiary/aromatic N) is 3. The van der Waals surface area contributed by atoms with E-state index in [1.165, 1.54) is 46.7 Å². The number of pyridine rings is 1. The van der Waals surface area contributed by atoms with E-state index in [0.29, 0.717) is 16.7 Å². The van der Waals surface area contributed by atoms with Crippen LogP contribution >= 0.6 is 11.9 Å². The Balaban J connectivity index is 1.99. The van der Waals surface area contributed by atoms with Crippen LogP contribution in [0.4, 0.5) is 23.2 Å². The Hall–Kier alpha value is -3.47. The number of hydrogen-bond acceptors (Lipinski definition) is 5. The van der Waals surface area contributed by atoms with Gasteiger partial charge in [-0.25, -0.2) is 4.39 Å². The van der Waals surface area contributed by atoms with Crippen molar-refractivity contribution in [1.29, 1.82) is 0 Å². The molecule has 0 saturated carbocycles. The Morgan fingerprint density at radius 1 is 1.12 bits per heavy atom. The fraction of sp³-hybridized carbons (Fsp3) is 0.217. The highest BCUT2D eigenvalue weighted by atomic mass is 32.2. The minimum atomic E-state index is -4.69. The van der Waals surface area contributed by atoms with Gasteiger partial charge in [-0.1, -0.05) is 24.1 Å². The third-order valence-corrected chi connectivity index (χ3v) is 5.71. The number of nitrogens with one attached hydrogen (secondary N) is 1. The Kier molecular flexibility index (Phi) is 6.30. The molecule has 2 aromatic carbocycles. The van der Waals surface area contributed by atoms with Gasteiger partial charge in [-0.3, -0.25) is 9.48 Å². The van der Waals surface area contributed by atoms with Crippen LogP contribution in [0.3, 0.4) is 0 Å². The third-order valence-electron chi connectivity index (χ3n) is 5.28. The van der Waals surface area contributed by atoms with Gasteiger partial charge in [0.15, 0.2) is 11.4 Å². The first-order valence-electron chi connectivity index (χ1n) is 10.0. The lowest BCUT2D eigenvalue weighted by atomic mass is 10.0. The Morgan fingerprint density at radius 3 is 2.44 bits per heavy atom. The number of ether oxygens (including phenoxy) is 1. The lowest BCUT2D eigenvalue weighted by Crippen LogP contribution is -2.17. The van der Waals surface area contributed by atoms with Crippen molar-refractivity contribution < 1.29 is 22.3 Å². The summed E-state index contributed by atoms with van der Waals surface area (Å²) in [5, 5.41) is 3.81. The molecule has 0 amide bonds. The molecule has 0 spiro atoms. The number of hydrogen-bond donors (Lipinski definition) is 1. The molecular weight excluding hydrogens is 472 g/mol. The summed E-state index contributed by atoms with van der Waals surface area (Å²) in [6.45, 7) is 0.00557. The summed E-state index contributed by atoms with van der Waals surface area (Å²) in [5.41, 5.74) is 0.832. The summed E-state index contributed by atoms with van der Waals surface area (Å²) in [7, 11) is 2.94. The van der Waals surface area contributed by atoms with Gasteiger partial charge in [0.25, 0.3) is 5.56 Å². The number of fused-ring (bicyclic) bond motifs is 1. The van der Waals surface area contributed by atoms with Crippen molar-refractivity contribution in [2.45, 2.75) is 12.7 Å². The average Bonchev–Trinajstić information content (AvgIpc) is 3.16. The van der Waals surface area contributed by atoms with E-state index in [1.54, 1.807) is 31.6 Å². The van der Waals surface area contributed by atoms with Crippen molar-refractivity contribution in [2.24, 2.45) is 7.05 Å². The second-order valence-corrected chi connectivity index (χ2v) is 8.18. The Bertz CT molecular complexity index is 1410. The molecule has 1 N–H and O–H groups in total. The van der Waals surface area contributed by atoms with E-state index in [-0.39, 0.29) is 34.4 Å². The van der Waals surface area contributed by atoms with Crippen LogP contribution < -0.4 is 15.0 Å². The van der Waals surface area contributed by atoms with Crippen LogP contribution in [0.5, 0.6) is 5.75 Å². The molecule has 0 atom stereocenters. The van der Waals surface area contributed by atoms with Gasteiger partial charge in [0, 0.05) is 25.1 Å². The lowest BCUT2D eigenvalue weighted by Gasteiger charge is -2.13. The van der Waals surface area contributed by atoms with Gasteiger partial charge in [0.1, 0.15) is 5.82 Å². The molecule has 2 aromatic heterocycles. The summed E-state index contributed by atoms with van der Waals surface area (Å²) in [6, 6.07) is 10.2. The first-order valence-corrected chi connectivity index (χ1v) is 11.2. The van der Waals surface area contributed by atoms with Crippen LogP contribution in [-0.4, -0.2) is 27.7 Å². The number of aromatic nitrogens is 3. The molecule has 0 aliphatic carbocycles. The van der Waals surface area contributed by atoms with Gasteiger partial charge in [-0.05, 0) is 41.5 Å². The SMILES string of the molecule is COc1cc(-c2cc(NSC)c3c(C(F)(F)F)nn(Cc4ccc(F)cc4)c3c2)cn(C)c1=O. The molecule has 0 aliphatic heterocycles. The molecule has 4 aromatic rings. The minimum absolute atomic E-state index is 0.00557. The maximum atomic E-state index is 13.9. The second-order valence-electron chi connectivity index (χ2n) is 7.57. The largest absolute Gasteiger partial charge is 0.491 e. The predicted molar refractivity (Wildman–Crippen MR) is 125 cm³/mol. The molecule has 2 heterocycles. The predicted octanol–water partition coefficient (Wildman–Crippen LogP) is 5.31. The van der Waals surface area contributed by atoms with E-state index in [0.717, 1.165) is 11.9 Å². The second kappa shape index (κ2) is 9.05. The van der Waals surface area contributed by atoms with Crippen molar-refractivity contribution in [1.82, 2.24) is 14.3 Å². The zero-order valence-corrected chi connectivity index (χ0v) is 19.2. The van der Waals surface area contributed by atoms with E-state index in [1.807, 2.05) is 0 Å². The number of benzene rings is 2. The van der Waals surface area contributed by atoms with Gasteiger partial charge in [0.05, 0.1) is 30.2 Å². The van der Waals surface area contributed by atoms with E-state index < -0.39 is 17.7 Å². The smallest absolute Gasteiger partial charge is 0.435 e. The highest BCUT2D eigenvalue weighted by Crippen LogP contribution is 2.41.